The van der Waals surface area contributed by atoms with Crippen LogP contribution in [0.25, 0.3) is 62.4 Å². The van der Waals surface area contributed by atoms with E-state index in [1.54, 1.807) is 0 Å². The second kappa shape index (κ2) is 15.4. The second-order valence-corrected chi connectivity index (χ2v) is 12.7. The van der Waals surface area contributed by atoms with Gasteiger partial charge in [0.2, 0.25) is 0 Å². The van der Waals surface area contributed by atoms with Crippen LogP contribution in [0.1, 0.15) is 37.5 Å². The van der Waals surface area contributed by atoms with Gasteiger partial charge in [-0.15, -0.1) is 0 Å². The van der Waals surface area contributed by atoms with Crippen LogP contribution in [0.3, 0.4) is 0 Å². The number of aliphatic imine (C=N–C) groups is 1. The van der Waals surface area contributed by atoms with Gasteiger partial charge in [-0.3, -0.25) is 4.99 Å². The Morgan fingerprint density at radius 3 is 1.74 bits per heavy atom. The number of allylic oxidation sites excluding steroid dienone is 5. The Morgan fingerprint density at radius 1 is 0.560 bits per heavy atom. The first-order valence-electron chi connectivity index (χ1n) is 17.1. The second-order valence-electron chi connectivity index (χ2n) is 12.7. The Bertz CT molecular complexity index is 2400. The molecule has 1 heteroatoms. The molecule has 0 aliphatic rings. The Labute approximate surface area is 297 Å². The van der Waals surface area contributed by atoms with Crippen LogP contribution in [0.2, 0.25) is 0 Å². The summed E-state index contributed by atoms with van der Waals surface area (Å²) in [5.74, 6) is 0. The normalized spacial score (nSPS) is 12.4. The minimum Gasteiger partial charge on any atom is -0.257 e. The topological polar surface area (TPSA) is 12.4 Å². The van der Waals surface area contributed by atoms with Crippen LogP contribution in [0.4, 0.5) is 0 Å². The van der Waals surface area contributed by atoms with Crippen molar-refractivity contribution in [2.75, 3.05) is 0 Å². The third-order valence-corrected chi connectivity index (χ3v) is 9.13. The number of hydrogen-bond acceptors (Lipinski definition) is 1. The third kappa shape index (κ3) is 7.80. The molecule has 0 unspecified atom stereocenters. The monoisotopic (exact) mass is 645 g/mol. The van der Waals surface area contributed by atoms with Gasteiger partial charge >= 0.3 is 0 Å². The van der Waals surface area contributed by atoms with E-state index >= 15 is 0 Å². The zero-order chi connectivity index (χ0) is 35.0. The van der Waals surface area contributed by atoms with Crippen molar-refractivity contribution in [1.82, 2.24) is 0 Å². The van der Waals surface area contributed by atoms with Crippen LogP contribution in [0.5, 0.6) is 0 Å². The fourth-order valence-corrected chi connectivity index (χ4v) is 6.31. The van der Waals surface area contributed by atoms with Crippen LogP contribution in [0, 0.1) is 6.92 Å². The molecule has 0 fully saturated rings. The molecule has 0 heterocycles. The molecule has 50 heavy (non-hydrogen) atoms. The van der Waals surface area contributed by atoms with Gasteiger partial charge in [-0.05, 0) is 130 Å². The molecule has 1 nitrogen and oxygen atoms in total. The van der Waals surface area contributed by atoms with Crippen LogP contribution >= 0.6 is 0 Å². The van der Waals surface area contributed by atoms with Crippen LogP contribution in [0.15, 0.2) is 175 Å². The third-order valence-electron chi connectivity index (χ3n) is 9.13. The largest absolute Gasteiger partial charge is 0.257 e. The molecule has 0 atom stereocenters. The van der Waals surface area contributed by atoms with Crippen molar-refractivity contribution < 1.29 is 0 Å². The Balaban J connectivity index is 1.30. The van der Waals surface area contributed by atoms with Crippen molar-refractivity contribution in [3.8, 4) is 44.5 Å². The first-order valence-corrected chi connectivity index (χ1v) is 17.1. The van der Waals surface area contributed by atoms with Crippen molar-refractivity contribution in [3.63, 3.8) is 0 Å². The van der Waals surface area contributed by atoms with Crippen LogP contribution in [-0.4, -0.2) is 5.71 Å². The molecule has 0 radical (unpaired) electrons. The number of benzene rings is 6. The minimum absolute atomic E-state index is 0.967. The summed E-state index contributed by atoms with van der Waals surface area (Å²) in [5.41, 5.74) is 15.9. The molecule has 0 aliphatic carbocycles. The van der Waals surface area contributed by atoms with E-state index in [1.807, 2.05) is 43.4 Å². The molecular weight excluding hydrogens is 603 g/mol. The van der Waals surface area contributed by atoms with E-state index in [-0.39, 0.29) is 0 Å². The quantitative estimate of drug-likeness (QED) is 0.110. The average Bonchev–Trinajstić information content (AvgIpc) is 3.15. The lowest BCUT2D eigenvalue weighted by molar-refractivity contribution is 1.38. The van der Waals surface area contributed by atoms with Crippen LogP contribution < -0.4 is 10.4 Å². The Hall–Kier alpha value is -6.05. The maximum atomic E-state index is 4.97. The van der Waals surface area contributed by atoms with Gasteiger partial charge < -0.3 is 0 Å². The van der Waals surface area contributed by atoms with Gasteiger partial charge in [-0.25, -0.2) is 0 Å². The lowest BCUT2D eigenvalue weighted by Crippen LogP contribution is -2.24. The Kier molecular flexibility index (Phi) is 10.5. The molecule has 6 rings (SSSR count). The van der Waals surface area contributed by atoms with Gasteiger partial charge in [-0.1, -0.05) is 147 Å². The van der Waals surface area contributed by atoms with E-state index in [1.165, 1.54) is 50.1 Å². The van der Waals surface area contributed by atoms with Crippen molar-refractivity contribution in [3.05, 3.63) is 198 Å². The molecule has 0 saturated heterocycles. The number of nitrogens with zero attached hydrogens (tertiary/aromatic N) is 1. The van der Waals surface area contributed by atoms with E-state index < -0.39 is 0 Å². The van der Waals surface area contributed by atoms with Crippen molar-refractivity contribution in [1.29, 1.82) is 0 Å². The maximum Gasteiger partial charge on any atom is 0.0454 e. The van der Waals surface area contributed by atoms with E-state index in [0.717, 1.165) is 38.5 Å². The number of hydrogen-bond donors (Lipinski definition) is 0. The van der Waals surface area contributed by atoms with Gasteiger partial charge in [0.25, 0.3) is 0 Å². The fourth-order valence-electron chi connectivity index (χ4n) is 6.31. The lowest BCUT2D eigenvalue weighted by Gasteiger charge is -2.13. The van der Waals surface area contributed by atoms with Crippen LogP contribution in [-0.2, 0) is 0 Å². The molecule has 0 saturated carbocycles. The number of rotatable bonds is 9. The summed E-state index contributed by atoms with van der Waals surface area (Å²) >= 11 is 0. The van der Waals surface area contributed by atoms with E-state index in [0.29, 0.717) is 0 Å². The molecule has 0 bridgehead atoms. The highest BCUT2D eigenvalue weighted by molar-refractivity contribution is 6.01. The minimum atomic E-state index is 0.967. The van der Waals surface area contributed by atoms with Gasteiger partial charge in [0.15, 0.2) is 0 Å². The smallest absolute Gasteiger partial charge is 0.0454 e. The predicted molar refractivity (Wildman–Crippen MR) is 218 cm³/mol. The lowest BCUT2D eigenvalue weighted by atomic mass is 9.92. The average molecular weight is 646 g/mol. The summed E-state index contributed by atoms with van der Waals surface area (Å²) in [6.45, 7) is 16.8. The SMILES string of the molecule is C=C(/C=C\C=C/C)c1cccc(-c2cccc(-c3cccc(-c4ccc(C)c(-c5cccc(C(C)=N/C(C)=c6\ccccc6=C)c5)c4)c3)c2)c1. The summed E-state index contributed by atoms with van der Waals surface area (Å²) in [4.78, 5) is 4.97. The maximum absolute atomic E-state index is 4.97. The molecule has 0 aliphatic heterocycles. The zero-order valence-corrected chi connectivity index (χ0v) is 29.4. The van der Waals surface area contributed by atoms with Gasteiger partial charge in [0.1, 0.15) is 0 Å². The summed E-state index contributed by atoms with van der Waals surface area (Å²) < 4.78 is 0. The summed E-state index contributed by atoms with van der Waals surface area (Å²) in [6.07, 6.45) is 8.11. The first kappa shape index (κ1) is 33.8. The van der Waals surface area contributed by atoms with Crippen molar-refractivity contribution >= 4 is 23.6 Å². The van der Waals surface area contributed by atoms with Gasteiger partial charge in [0.05, 0.1) is 0 Å². The zero-order valence-electron chi connectivity index (χ0n) is 29.4. The molecule has 0 spiro atoms. The van der Waals surface area contributed by atoms with Crippen molar-refractivity contribution in [2.24, 2.45) is 4.99 Å². The fraction of sp³-hybridized carbons (Fsp3) is 0.0816. The molecule has 6 aromatic rings. The molecule has 244 valence electrons. The Morgan fingerprint density at radius 2 is 1.10 bits per heavy atom. The summed E-state index contributed by atoms with van der Waals surface area (Å²) in [5, 5.41) is 2.06. The van der Waals surface area contributed by atoms with Gasteiger partial charge in [-0.2, -0.15) is 0 Å². The van der Waals surface area contributed by atoms with E-state index in [9.17, 15) is 0 Å². The number of aryl methyl sites for hydroxylation is 1. The van der Waals surface area contributed by atoms with Gasteiger partial charge in [0, 0.05) is 16.6 Å². The first-order chi connectivity index (χ1) is 24.3. The predicted octanol–water partition coefficient (Wildman–Crippen LogP) is 11.9. The van der Waals surface area contributed by atoms with Crippen molar-refractivity contribution in [2.45, 2.75) is 27.7 Å². The highest BCUT2D eigenvalue weighted by Crippen LogP contribution is 2.34. The molecule has 0 N–H and O–H groups in total. The highest BCUT2D eigenvalue weighted by Gasteiger charge is 2.10. The standard InChI is InChI=1S/C49H43N/c1-7-8-9-16-34(2)39-18-12-20-41(29-39)42-21-14-22-43(31-42)44-23-15-24-45(32-44)46-28-27-36(4)49(33-46)47-25-13-19-40(30-47)37(5)50-38(6)48-26-11-10-17-35(48)3/h7-33H,2-3H2,1,4-6H3/b8-7-,16-9-,48-38+,50-37?. The van der Waals surface area contributed by atoms with E-state index in [2.05, 4.69) is 161 Å². The molecular formula is C49H43N. The van der Waals surface area contributed by atoms with E-state index in [4.69, 9.17) is 4.99 Å². The molecule has 6 aromatic carbocycles. The molecule has 0 amide bonds. The summed E-state index contributed by atoms with van der Waals surface area (Å²) in [7, 11) is 0. The molecule has 0 aromatic heterocycles. The summed E-state index contributed by atoms with van der Waals surface area (Å²) in [6, 6.07) is 49.8. The highest BCUT2D eigenvalue weighted by atomic mass is 14.7.